The Balaban J connectivity index is 2.14. The quantitative estimate of drug-likeness (QED) is 0.831. The smallest absolute Gasteiger partial charge is 0.123 e. The summed E-state index contributed by atoms with van der Waals surface area (Å²) in [5.74, 6) is -0.237. The third-order valence-corrected chi connectivity index (χ3v) is 3.55. The van der Waals surface area contributed by atoms with E-state index in [4.69, 9.17) is 23.2 Å². The van der Waals surface area contributed by atoms with E-state index in [2.05, 4.69) is 5.32 Å². The van der Waals surface area contributed by atoms with Crippen LogP contribution in [0.5, 0.6) is 0 Å². The molecule has 0 bridgehead atoms. The van der Waals surface area contributed by atoms with Crippen LogP contribution in [0.3, 0.4) is 0 Å². The highest BCUT2D eigenvalue weighted by Gasteiger charge is 2.05. The summed E-state index contributed by atoms with van der Waals surface area (Å²) >= 11 is 12.0. The molecular formula is C14H12Cl2FN. The van der Waals surface area contributed by atoms with Gasteiger partial charge in [0.25, 0.3) is 0 Å². The van der Waals surface area contributed by atoms with Crippen molar-refractivity contribution in [1.29, 1.82) is 0 Å². The number of hydrogen-bond donors (Lipinski definition) is 1. The monoisotopic (exact) mass is 283 g/mol. The predicted octanol–water partition coefficient (Wildman–Crippen LogP) is 5.05. The average Bonchev–Trinajstić information content (AvgIpc) is 2.33. The van der Waals surface area contributed by atoms with Crippen molar-refractivity contribution in [1.82, 2.24) is 0 Å². The topological polar surface area (TPSA) is 12.0 Å². The van der Waals surface area contributed by atoms with E-state index in [-0.39, 0.29) is 5.82 Å². The summed E-state index contributed by atoms with van der Waals surface area (Å²) in [6, 6.07) is 10.1. The number of hydrogen-bond acceptors (Lipinski definition) is 1. The maximum atomic E-state index is 13.0. The van der Waals surface area contributed by atoms with Crippen LogP contribution in [-0.2, 0) is 6.54 Å². The van der Waals surface area contributed by atoms with Crippen LogP contribution in [0, 0.1) is 12.7 Å². The first-order valence-corrected chi connectivity index (χ1v) is 6.26. The number of rotatable bonds is 3. The molecule has 0 saturated heterocycles. The first-order valence-electron chi connectivity index (χ1n) is 5.51. The number of aryl methyl sites for hydroxylation is 1. The van der Waals surface area contributed by atoms with Gasteiger partial charge in [-0.3, -0.25) is 0 Å². The van der Waals surface area contributed by atoms with Crippen molar-refractivity contribution in [3.63, 3.8) is 0 Å². The summed E-state index contributed by atoms with van der Waals surface area (Å²) in [6.07, 6.45) is 0. The van der Waals surface area contributed by atoms with Crippen molar-refractivity contribution in [2.75, 3.05) is 5.32 Å². The fourth-order valence-corrected chi connectivity index (χ4v) is 2.09. The third kappa shape index (κ3) is 2.95. The number of anilines is 1. The largest absolute Gasteiger partial charge is 0.381 e. The average molecular weight is 284 g/mol. The van der Waals surface area contributed by atoms with Gasteiger partial charge in [-0.2, -0.15) is 0 Å². The molecular weight excluding hydrogens is 272 g/mol. The second kappa shape index (κ2) is 5.59. The lowest BCUT2D eigenvalue weighted by molar-refractivity contribution is 0.627. The molecule has 1 nitrogen and oxygen atoms in total. The highest BCUT2D eigenvalue weighted by Crippen LogP contribution is 2.26. The minimum absolute atomic E-state index is 0.237. The van der Waals surface area contributed by atoms with Crippen molar-refractivity contribution in [3.8, 4) is 0 Å². The van der Waals surface area contributed by atoms with Crippen molar-refractivity contribution in [2.24, 2.45) is 0 Å². The molecule has 0 unspecified atom stereocenters. The van der Waals surface area contributed by atoms with Gasteiger partial charge in [0.1, 0.15) is 5.82 Å². The van der Waals surface area contributed by atoms with Crippen LogP contribution in [0.15, 0.2) is 36.4 Å². The molecule has 2 aromatic rings. The summed E-state index contributed by atoms with van der Waals surface area (Å²) < 4.78 is 13.0. The van der Waals surface area contributed by atoms with Crippen molar-refractivity contribution in [3.05, 3.63) is 63.4 Å². The normalized spacial score (nSPS) is 10.4. The zero-order chi connectivity index (χ0) is 13.1. The Bertz CT molecular complexity index is 570. The Labute approximate surface area is 116 Å². The van der Waals surface area contributed by atoms with Gasteiger partial charge in [0, 0.05) is 12.2 Å². The number of nitrogens with one attached hydrogen (secondary N) is 1. The summed E-state index contributed by atoms with van der Waals surface area (Å²) in [7, 11) is 0. The second-order valence-corrected chi connectivity index (χ2v) is 4.81. The molecule has 2 aromatic carbocycles. The van der Waals surface area contributed by atoms with Crippen LogP contribution in [0.25, 0.3) is 0 Å². The molecule has 0 radical (unpaired) electrons. The Morgan fingerprint density at radius 1 is 1.17 bits per heavy atom. The Morgan fingerprint density at radius 3 is 2.67 bits per heavy atom. The lowest BCUT2D eigenvalue weighted by Gasteiger charge is -2.11. The molecule has 0 fully saturated rings. The van der Waals surface area contributed by atoms with Crippen LogP contribution in [0.2, 0.25) is 10.0 Å². The molecule has 4 heteroatoms. The van der Waals surface area contributed by atoms with Gasteiger partial charge in [0.05, 0.1) is 10.0 Å². The van der Waals surface area contributed by atoms with E-state index in [0.717, 1.165) is 16.8 Å². The highest BCUT2D eigenvalue weighted by atomic mass is 35.5. The van der Waals surface area contributed by atoms with E-state index in [1.807, 2.05) is 19.1 Å². The molecule has 1 N–H and O–H groups in total. The predicted molar refractivity (Wildman–Crippen MR) is 74.9 cm³/mol. The minimum atomic E-state index is -0.237. The summed E-state index contributed by atoms with van der Waals surface area (Å²) in [5.41, 5.74) is 2.65. The zero-order valence-electron chi connectivity index (χ0n) is 9.81. The molecule has 0 spiro atoms. The van der Waals surface area contributed by atoms with Gasteiger partial charge < -0.3 is 5.32 Å². The lowest BCUT2D eigenvalue weighted by atomic mass is 10.1. The second-order valence-electron chi connectivity index (χ2n) is 4.03. The third-order valence-electron chi connectivity index (χ3n) is 2.69. The SMILES string of the molecule is Cc1cc(F)ccc1NCc1cccc(Cl)c1Cl. The van der Waals surface area contributed by atoms with E-state index < -0.39 is 0 Å². The van der Waals surface area contributed by atoms with E-state index in [0.29, 0.717) is 16.6 Å². The van der Waals surface area contributed by atoms with Crippen LogP contribution < -0.4 is 5.32 Å². The molecule has 0 aromatic heterocycles. The molecule has 0 atom stereocenters. The fraction of sp³-hybridized carbons (Fsp3) is 0.143. The van der Waals surface area contributed by atoms with E-state index >= 15 is 0 Å². The Hall–Kier alpha value is -1.25. The van der Waals surface area contributed by atoms with Crippen molar-refractivity contribution >= 4 is 28.9 Å². The van der Waals surface area contributed by atoms with Crippen molar-refractivity contribution < 1.29 is 4.39 Å². The highest BCUT2D eigenvalue weighted by molar-refractivity contribution is 6.42. The van der Waals surface area contributed by atoms with E-state index in [9.17, 15) is 4.39 Å². The van der Waals surface area contributed by atoms with E-state index in [1.54, 1.807) is 12.1 Å². The minimum Gasteiger partial charge on any atom is -0.381 e. The zero-order valence-corrected chi connectivity index (χ0v) is 11.3. The molecule has 0 saturated carbocycles. The first-order chi connectivity index (χ1) is 8.58. The van der Waals surface area contributed by atoms with Gasteiger partial charge in [0.2, 0.25) is 0 Å². The van der Waals surface area contributed by atoms with Gasteiger partial charge in [-0.25, -0.2) is 4.39 Å². The van der Waals surface area contributed by atoms with Crippen LogP contribution in [-0.4, -0.2) is 0 Å². The van der Waals surface area contributed by atoms with Crippen LogP contribution in [0.1, 0.15) is 11.1 Å². The molecule has 0 aliphatic carbocycles. The summed E-state index contributed by atoms with van der Waals surface area (Å²) in [4.78, 5) is 0. The molecule has 0 amide bonds. The van der Waals surface area contributed by atoms with Crippen molar-refractivity contribution in [2.45, 2.75) is 13.5 Å². The Morgan fingerprint density at radius 2 is 1.94 bits per heavy atom. The number of halogens is 3. The Kier molecular flexibility index (Phi) is 4.10. The summed E-state index contributed by atoms with van der Waals surface area (Å²) in [6.45, 7) is 2.40. The molecule has 94 valence electrons. The van der Waals surface area contributed by atoms with Gasteiger partial charge in [-0.05, 0) is 42.3 Å². The van der Waals surface area contributed by atoms with Gasteiger partial charge >= 0.3 is 0 Å². The maximum Gasteiger partial charge on any atom is 0.123 e. The number of benzene rings is 2. The van der Waals surface area contributed by atoms with Gasteiger partial charge in [0.15, 0.2) is 0 Å². The first kappa shape index (κ1) is 13.2. The molecule has 18 heavy (non-hydrogen) atoms. The lowest BCUT2D eigenvalue weighted by Crippen LogP contribution is -2.02. The van der Waals surface area contributed by atoms with Gasteiger partial charge in [-0.15, -0.1) is 0 Å². The maximum absolute atomic E-state index is 13.0. The van der Waals surface area contributed by atoms with Gasteiger partial charge in [-0.1, -0.05) is 35.3 Å². The fourth-order valence-electron chi connectivity index (χ4n) is 1.70. The van der Waals surface area contributed by atoms with Crippen LogP contribution in [0.4, 0.5) is 10.1 Å². The molecule has 0 aliphatic rings. The van der Waals surface area contributed by atoms with E-state index in [1.165, 1.54) is 12.1 Å². The molecule has 0 aliphatic heterocycles. The standard InChI is InChI=1S/C14H12Cl2FN/c1-9-7-11(17)5-6-13(9)18-8-10-3-2-4-12(15)14(10)16/h2-7,18H,8H2,1H3. The van der Waals surface area contributed by atoms with Crippen LogP contribution >= 0.6 is 23.2 Å². The molecule has 0 heterocycles. The summed E-state index contributed by atoms with van der Waals surface area (Å²) in [5, 5.41) is 4.30. The molecule has 2 rings (SSSR count).